The lowest BCUT2D eigenvalue weighted by atomic mass is 10.1. The first-order valence-electron chi connectivity index (χ1n) is 6.78. The smallest absolute Gasteiger partial charge is 0.223 e. The van der Waals surface area contributed by atoms with Crippen molar-refractivity contribution >= 4 is 5.95 Å². The summed E-state index contributed by atoms with van der Waals surface area (Å²) in [5.41, 5.74) is 5.80. The minimum absolute atomic E-state index is 0.0690. The molecule has 5 nitrogen and oxygen atoms in total. The maximum absolute atomic E-state index is 5.80. The van der Waals surface area contributed by atoms with Gasteiger partial charge < -0.3 is 10.5 Å². The molecule has 0 saturated heterocycles. The van der Waals surface area contributed by atoms with E-state index in [0.29, 0.717) is 17.7 Å². The van der Waals surface area contributed by atoms with E-state index in [1.54, 1.807) is 7.11 Å². The zero-order chi connectivity index (χ0) is 13.0. The van der Waals surface area contributed by atoms with E-state index >= 15 is 0 Å². The highest BCUT2D eigenvalue weighted by molar-refractivity contribution is 5.19. The van der Waals surface area contributed by atoms with Gasteiger partial charge in [0.1, 0.15) is 11.9 Å². The Morgan fingerprint density at radius 2 is 2.00 bits per heavy atom. The van der Waals surface area contributed by atoms with Crippen molar-refractivity contribution < 1.29 is 4.74 Å². The molecular formula is C13H22N4O. The van der Waals surface area contributed by atoms with Crippen LogP contribution in [-0.4, -0.2) is 22.1 Å². The number of methoxy groups -OCH3 is 1. The highest BCUT2D eigenvalue weighted by Crippen LogP contribution is 2.32. The number of nitrogens with two attached hydrogens (primary N) is 1. The van der Waals surface area contributed by atoms with Gasteiger partial charge >= 0.3 is 0 Å². The molecule has 5 heteroatoms. The van der Waals surface area contributed by atoms with Gasteiger partial charge in [0.25, 0.3) is 0 Å². The Bertz CT molecular complexity index is 391. The quantitative estimate of drug-likeness (QED) is 0.869. The van der Waals surface area contributed by atoms with Crippen molar-refractivity contribution in [1.29, 1.82) is 0 Å². The van der Waals surface area contributed by atoms with Gasteiger partial charge in [0.15, 0.2) is 5.82 Å². The average molecular weight is 250 g/mol. The average Bonchev–Trinajstić information content (AvgIpc) is 2.89. The summed E-state index contributed by atoms with van der Waals surface area (Å²) >= 11 is 0. The van der Waals surface area contributed by atoms with Gasteiger partial charge in [0.05, 0.1) is 0 Å². The molecule has 1 aliphatic rings. The van der Waals surface area contributed by atoms with Crippen LogP contribution in [0.4, 0.5) is 5.95 Å². The fraction of sp³-hybridized carbons (Fsp3) is 0.769. The van der Waals surface area contributed by atoms with Crippen LogP contribution in [0.5, 0.6) is 0 Å². The maximum Gasteiger partial charge on any atom is 0.223 e. The van der Waals surface area contributed by atoms with E-state index in [9.17, 15) is 0 Å². The number of nitrogen functional groups attached to an aromatic ring is 1. The highest BCUT2D eigenvalue weighted by Gasteiger charge is 2.23. The topological polar surface area (TPSA) is 73.9 Å². The van der Waals surface area contributed by atoms with Gasteiger partial charge in [-0.2, -0.15) is 9.97 Å². The van der Waals surface area contributed by atoms with E-state index in [4.69, 9.17) is 10.5 Å². The Kier molecular flexibility index (Phi) is 4.47. The van der Waals surface area contributed by atoms with Gasteiger partial charge in [-0.1, -0.05) is 26.2 Å². The van der Waals surface area contributed by atoms with Gasteiger partial charge in [-0.25, -0.2) is 4.98 Å². The van der Waals surface area contributed by atoms with Crippen molar-refractivity contribution in [2.24, 2.45) is 0 Å². The Morgan fingerprint density at radius 1 is 1.28 bits per heavy atom. The standard InChI is InChI=1S/C13H22N4O/c1-3-6-10(18-2)12-15-11(16-13(14)17-12)9-7-4-5-8-9/h9-10H,3-8H2,1-2H3,(H2,14,15,16,17). The molecule has 1 aliphatic carbocycles. The van der Waals surface area contributed by atoms with E-state index in [1.807, 2.05) is 0 Å². The van der Waals surface area contributed by atoms with Gasteiger partial charge in [0, 0.05) is 13.0 Å². The van der Waals surface area contributed by atoms with E-state index in [2.05, 4.69) is 21.9 Å². The van der Waals surface area contributed by atoms with Crippen LogP contribution in [0.15, 0.2) is 0 Å². The molecule has 0 spiro atoms. The lowest BCUT2D eigenvalue weighted by molar-refractivity contribution is 0.0872. The van der Waals surface area contributed by atoms with Crippen molar-refractivity contribution in [3.05, 3.63) is 11.6 Å². The highest BCUT2D eigenvalue weighted by atomic mass is 16.5. The molecule has 1 atom stereocenters. The molecule has 0 bridgehead atoms. The number of hydrogen-bond acceptors (Lipinski definition) is 5. The maximum atomic E-state index is 5.80. The Labute approximate surface area is 108 Å². The molecule has 1 unspecified atom stereocenters. The second-order valence-electron chi connectivity index (χ2n) is 4.90. The van der Waals surface area contributed by atoms with Gasteiger partial charge in [-0.05, 0) is 19.3 Å². The van der Waals surface area contributed by atoms with Gasteiger partial charge in [-0.15, -0.1) is 0 Å². The summed E-state index contributed by atoms with van der Waals surface area (Å²) in [6.07, 6.45) is 6.71. The van der Waals surface area contributed by atoms with Crippen LogP contribution < -0.4 is 5.73 Å². The summed E-state index contributed by atoms with van der Waals surface area (Å²) in [5.74, 6) is 2.31. The minimum Gasteiger partial charge on any atom is -0.373 e. The number of anilines is 1. The first-order chi connectivity index (χ1) is 8.74. The summed E-state index contributed by atoms with van der Waals surface area (Å²) < 4.78 is 5.44. The molecule has 1 saturated carbocycles. The van der Waals surface area contributed by atoms with Crippen LogP contribution in [0.3, 0.4) is 0 Å². The summed E-state index contributed by atoms with van der Waals surface area (Å²) in [6, 6.07) is 0. The number of hydrogen-bond donors (Lipinski definition) is 1. The van der Waals surface area contributed by atoms with Crippen molar-refractivity contribution in [2.45, 2.75) is 57.5 Å². The molecule has 0 aromatic carbocycles. The van der Waals surface area contributed by atoms with Crippen LogP contribution in [-0.2, 0) is 4.74 Å². The lowest BCUT2D eigenvalue weighted by Gasteiger charge is -2.15. The fourth-order valence-electron chi connectivity index (χ4n) is 2.55. The predicted molar refractivity (Wildman–Crippen MR) is 70.1 cm³/mol. The summed E-state index contributed by atoms with van der Waals surface area (Å²) in [4.78, 5) is 13.1. The van der Waals surface area contributed by atoms with Crippen LogP contribution in [0.25, 0.3) is 0 Å². The molecule has 1 aromatic rings. The van der Waals surface area contributed by atoms with E-state index in [0.717, 1.165) is 31.5 Å². The second-order valence-corrected chi connectivity index (χ2v) is 4.90. The Hall–Kier alpha value is -1.23. The molecule has 0 amide bonds. The van der Waals surface area contributed by atoms with Crippen molar-refractivity contribution in [1.82, 2.24) is 15.0 Å². The molecule has 1 heterocycles. The van der Waals surface area contributed by atoms with Gasteiger partial charge in [-0.3, -0.25) is 0 Å². The number of nitrogens with zero attached hydrogens (tertiary/aromatic N) is 3. The third-order valence-corrected chi connectivity index (χ3v) is 3.53. The zero-order valence-corrected chi connectivity index (χ0v) is 11.2. The van der Waals surface area contributed by atoms with Crippen molar-refractivity contribution in [3.8, 4) is 0 Å². The first-order valence-corrected chi connectivity index (χ1v) is 6.78. The molecule has 2 N–H and O–H groups in total. The minimum atomic E-state index is -0.0690. The van der Waals surface area contributed by atoms with Crippen LogP contribution in [0.2, 0.25) is 0 Å². The van der Waals surface area contributed by atoms with Crippen molar-refractivity contribution in [3.63, 3.8) is 0 Å². The van der Waals surface area contributed by atoms with Crippen LogP contribution in [0.1, 0.15) is 69.1 Å². The molecule has 1 fully saturated rings. The molecule has 1 aromatic heterocycles. The molecule has 18 heavy (non-hydrogen) atoms. The number of ether oxygens (including phenoxy) is 1. The van der Waals surface area contributed by atoms with Crippen molar-refractivity contribution in [2.75, 3.05) is 12.8 Å². The molecular weight excluding hydrogens is 228 g/mol. The third kappa shape index (κ3) is 2.96. The normalized spacial score (nSPS) is 18.1. The SMILES string of the molecule is CCCC(OC)c1nc(N)nc(C2CCCC2)n1. The molecule has 2 rings (SSSR count). The fourth-order valence-corrected chi connectivity index (χ4v) is 2.55. The lowest BCUT2D eigenvalue weighted by Crippen LogP contribution is -2.14. The Balaban J connectivity index is 2.24. The summed E-state index contributed by atoms with van der Waals surface area (Å²) in [7, 11) is 1.69. The van der Waals surface area contributed by atoms with Crippen LogP contribution >= 0.6 is 0 Å². The second kappa shape index (κ2) is 6.09. The van der Waals surface area contributed by atoms with Crippen LogP contribution in [0, 0.1) is 0 Å². The third-order valence-electron chi connectivity index (χ3n) is 3.53. The van der Waals surface area contributed by atoms with Gasteiger partial charge in [0.2, 0.25) is 5.95 Å². The first kappa shape index (κ1) is 13.2. The summed E-state index contributed by atoms with van der Waals surface area (Å²) in [6.45, 7) is 2.12. The number of rotatable bonds is 5. The molecule has 100 valence electrons. The number of aromatic nitrogens is 3. The Morgan fingerprint density at radius 3 is 2.61 bits per heavy atom. The summed E-state index contributed by atoms with van der Waals surface area (Å²) in [5, 5.41) is 0. The molecule has 0 radical (unpaired) electrons. The molecule has 0 aliphatic heterocycles. The zero-order valence-electron chi connectivity index (χ0n) is 11.2. The monoisotopic (exact) mass is 250 g/mol. The van der Waals surface area contributed by atoms with E-state index in [-0.39, 0.29) is 6.10 Å². The predicted octanol–water partition coefficient (Wildman–Crippen LogP) is 2.60. The van der Waals surface area contributed by atoms with E-state index < -0.39 is 0 Å². The largest absolute Gasteiger partial charge is 0.373 e. The van der Waals surface area contributed by atoms with E-state index in [1.165, 1.54) is 12.8 Å².